The predicted octanol–water partition coefficient (Wildman–Crippen LogP) is 4.63. The third-order valence-corrected chi connectivity index (χ3v) is 3.96. The molecule has 0 aliphatic rings. The molecular weight excluding hydrogens is 396 g/mol. The molecule has 0 fully saturated rings. The summed E-state index contributed by atoms with van der Waals surface area (Å²) in [6.07, 6.45) is 0.817. The van der Waals surface area contributed by atoms with Crippen molar-refractivity contribution in [3.8, 4) is 5.75 Å². The molecule has 6 heteroatoms. The van der Waals surface area contributed by atoms with Gasteiger partial charge in [-0.05, 0) is 56.7 Å². The molecule has 138 valence electrons. The number of carbonyl (C=O) groups excluding carboxylic acids is 2. The van der Waals surface area contributed by atoms with Crippen LogP contribution in [-0.4, -0.2) is 24.5 Å². The van der Waals surface area contributed by atoms with Crippen molar-refractivity contribution in [3.63, 3.8) is 0 Å². The van der Waals surface area contributed by atoms with E-state index in [1.54, 1.807) is 36.4 Å². The SMILES string of the molecule is CCCNC(=O)c1cccc(NC(=O)c2cc(Br)ccc2OC(C)C)c1. The highest BCUT2D eigenvalue weighted by Crippen LogP contribution is 2.25. The Morgan fingerprint density at radius 2 is 1.88 bits per heavy atom. The number of halogens is 1. The van der Waals surface area contributed by atoms with Crippen LogP contribution in [0.1, 0.15) is 47.9 Å². The van der Waals surface area contributed by atoms with E-state index in [-0.39, 0.29) is 17.9 Å². The first kappa shape index (κ1) is 20.0. The highest BCUT2D eigenvalue weighted by Gasteiger charge is 2.15. The summed E-state index contributed by atoms with van der Waals surface area (Å²) >= 11 is 3.38. The minimum Gasteiger partial charge on any atom is -0.490 e. The number of rotatable bonds is 7. The maximum absolute atomic E-state index is 12.7. The Bertz CT molecular complexity index is 790. The Labute approximate surface area is 162 Å². The van der Waals surface area contributed by atoms with Crippen LogP contribution in [0.15, 0.2) is 46.9 Å². The summed E-state index contributed by atoms with van der Waals surface area (Å²) in [6, 6.07) is 12.2. The van der Waals surface area contributed by atoms with E-state index in [0.717, 1.165) is 10.9 Å². The molecule has 2 aromatic rings. The molecule has 0 spiro atoms. The number of benzene rings is 2. The molecule has 26 heavy (non-hydrogen) atoms. The highest BCUT2D eigenvalue weighted by atomic mass is 79.9. The summed E-state index contributed by atoms with van der Waals surface area (Å²) in [5, 5.41) is 5.65. The molecule has 5 nitrogen and oxygen atoms in total. The molecule has 0 unspecified atom stereocenters. The smallest absolute Gasteiger partial charge is 0.259 e. The monoisotopic (exact) mass is 418 g/mol. The van der Waals surface area contributed by atoms with Crippen molar-refractivity contribution >= 4 is 33.4 Å². The lowest BCUT2D eigenvalue weighted by atomic mass is 10.1. The molecule has 0 radical (unpaired) electrons. The van der Waals surface area contributed by atoms with Gasteiger partial charge in [-0.25, -0.2) is 0 Å². The van der Waals surface area contributed by atoms with E-state index >= 15 is 0 Å². The van der Waals surface area contributed by atoms with Crippen molar-refractivity contribution in [1.82, 2.24) is 5.32 Å². The van der Waals surface area contributed by atoms with Crippen LogP contribution < -0.4 is 15.4 Å². The van der Waals surface area contributed by atoms with Crippen LogP contribution >= 0.6 is 15.9 Å². The summed E-state index contributed by atoms with van der Waals surface area (Å²) in [5.41, 5.74) is 1.48. The number of carbonyl (C=O) groups is 2. The zero-order chi connectivity index (χ0) is 19.1. The zero-order valence-electron chi connectivity index (χ0n) is 15.1. The number of nitrogens with one attached hydrogen (secondary N) is 2. The van der Waals surface area contributed by atoms with Gasteiger partial charge in [0, 0.05) is 22.3 Å². The van der Waals surface area contributed by atoms with Gasteiger partial charge in [-0.2, -0.15) is 0 Å². The molecule has 0 aromatic heterocycles. The van der Waals surface area contributed by atoms with Gasteiger partial charge < -0.3 is 15.4 Å². The van der Waals surface area contributed by atoms with E-state index in [2.05, 4.69) is 26.6 Å². The van der Waals surface area contributed by atoms with Crippen LogP contribution in [0.25, 0.3) is 0 Å². The third-order valence-electron chi connectivity index (χ3n) is 3.47. The Morgan fingerprint density at radius 3 is 2.58 bits per heavy atom. The second-order valence-electron chi connectivity index (χ2n) is 6.10. The lowest BCUT2D eigenvalue weighted by Gasteiger charge is -2.15. The van der Waals surface area contributed by atoms with Crippen molar-refractivity contribution in [3.05, 3.63) is 58.1 Å². The average Bonchev–Trinajstić information content (AvgIpc) is 2.61. The van der Waals surface area contributed by atoms with Gasteiger partial charge in [0.2, 0.25) is 0 Å². The Morgan fingerprint density at radius 1 is 1.12 bits per heavy atom. The summed E-state index contributed by atoms with van der Waals surface area (Å²) in [5.74, 6) is 0.0554. The number of hydrogen-bond donors (Lipinski definition) is 2. The van der Waals surface area contributed by atoms with E-state index in [4.69, 9.17) is 4.74 Å². The predicted molar refractivity (Wildman–Crippen MR) is 107 cm³/mol. The number of hydrogen-bond acceptors (Lipinski definition) is 3. The first-order valence-electron chi connectivity index (χ1n) is 8.56. The second kappa shape index (κ2) is 9.38. The van der Waals surface area contributed by atoms with Crippen LogP contribution in [0.4, 0.5) is 5.69 Å². The molecule has 2 aromatic carbocycles. The molecule has 0 saturated heterocycles. The van der Waals surface area contributed by atoms with Gasteiger partial charge in [0.1, 0.15) is 5.75 Å². The van der Waals surface area contributed by atoms with Gasteiger partial charge >= 0.3 is 0 Å². The van der Waals surface area contributed by atoms with E-state index in [0.29, 0.717) is 29.1 Å². The molecule has 0 heterocycles. The third kappa shape index (κ3) is 5.59. The Balaban J connectivity index is 2.20. The molecule has 2 amide bonds. The van der Waals surface area contributed by atoms with Crippen LogP contribution in [0, 0.1) is 0 Å². The van der Waals surface area contributed by atoms with Crippen molar-refractivity contribution < 1.29 is 14.3 Å². The lowest BCUT2D eigenvalue weighted by Crippen LogP contribution is -2.24. The fourth-order valence-electron chi connectivity index (χ4n) is 2.31. The molecule has 0 atom stereocenters. The number of anilines is 1. The van der Waals surface area contributed by atoms with Crippen LogP contribution in [-0.2, 0) is 0 Å². The standard InChI is InChI=1S/C20H23BrN2O3/c1-4-10-22-19(24)14-6-5-7-16(11-14)23-20(25)17-12-15(21)8-9-18(17)26-13(2)3/h5-9,11-13H,4,10H2,1-3H3,(H,22,24)(H,23,25). The summed E-state index contributed by atoms with van der Waals surface area (Å²) < 4.78 is 6.50. The van der Waals surface area contributed by atoms with Crippen LogP contribution in [0.3, 0.4) is 0 Å². The van der Waals surface area contributed by atoms with Gasteiger partial charge in [0.15, 0.2) is 0 Å². The van der Waals surface area contributed by atoms with Crippen LogP contribution in [0.2, 0.25) is 0 Å². The van der Waals surface area contributed by atoms with E-state index in [1.165, 1.54) is 0 Å². The highest BCUT2D eigenvalue weighted by molar-refractivity contribution is 9.10. The number of ether oxygens (including phenoxy) is 1. The molecular formula is C20H23BrN2O3. The Hall–Kier alpha value is -2.34. The Kier molecular flexibility index (Phi) is 7.21. The molecule has 0 bridgehead atoms. The zero-order valence-corrected chi connectivity index (χ0v) is 16.7. The van der Waals surface area contributed by atoms with Gasteiger partial charge in [0.25, 0.3) is 11.8 Å². The fourth-order valence-corrected chi connectivity index (χ4v) is 2.67. The number of amides is 2. The molecule has 2 N–H and O–H groups in total. The summed E-state index contributed by atoms with van der Waals surface area (Å²) in [4.78, 5) is 24.8. The van der Waals surface area contributed by atoms with Gasteiger partial charge in [-0.3, -0.25) is 9.59 Å². The topological polar surface area (TPSA) is 67.4 Å². The first-order valence-corrected chi connectivity index (χ1v) is 9.35. The quantitative estimate of drug-likeness (QED) is 0.688. The molecule has 2 rings (SSSR count). The van der Waals surface area contributed by atoms with Gasteiger partial charge in [0.05, 0.1) is 11.7 Å². The minimum absolute atomic E-state index is 0.0479. The van der Waals surface area contributed by atoms with Crippen molar-refractivity contribution in [1.29, 1.82) is 0 Å². The fraction of sp³-hybridized carbons (Fsp3) is 0.300. The van der Waals surface area contributed by atoms with Crippen molar-refractivity contribution in [2.24, 2.45) is 0 Å². The van der Waals surface area contributed by atoms with Crippen molar-refractivity contribution in [2.45, 2.75) is 33.3 Å². The molecule has 0 aliphatic carbocycles. The normalized spacial score (nSPS) is 10.5. The van der Waals surface area contributed by atoms with Gasteiger partial charge in [-0.15, -0.1) is 0 Å². The largest absolute Gasteiger partial charge is 0.490 e. The van der Waals surface area contributed by atoms with E-state index in [9.17, 15) is 9.59 Å². The maximum atomic E-state index is 12.7. The van der Waals surface area contributed by atoms with E-state index in [1.807, 2.05) is 26.8 Å². The second-order valence-corrected chi connectivity index (χ2v) is 7.01. The summed E-state index contributed by atoms with van der Waals surface area (Å²) in [7, 11) is 0. The first-order chi connectivity index (χ1) is 12.4. The average molecular weight is 419 g/mol. The van der Waals surface area contributed by atoms with Gasteiger partial charge in [-0.1, -0.05) is 28.9 Å². The minimum atomic E-state index is -0.298. The maximum Gasteiger partial charge on any atom is 0.259 e. The van der Waals surface area contributed by atoms with Crippen LogP contribution in [0.5, 0.6) is 5.75 Å². The lowest BCUT2D eigenvalue weighted by molar-refractivity contribution is 0.0952. The van der Waals surface area contributed by atoms with E-state index < -0.39 is 0 Å². The summed E-state index contributed by atoms with van der Waals surface area (Å²) in [6.45, 7) is 6.42. The molecule has 0 aliphatic heterocycles. The molecule has 0 saturated carbocycles. The van der Waals surface area contributed by atoms with Crippen molar-refractivity contribution in [2.75, 3.05) is 11.9 Å².